The van der Waals surface area contributed by atoms with Crippen LogP contribution >= 0.6 is 0 Å². The first-order valence-corrected chi connectivity index (χ1v) is 8.23. The van der Waals surface area contributed by atoms with E-state index in [0.717, 1.165) is 17.0 Å². The van der Waals surface area contributed by atoms with E-state index in [-0.39, 0.29) is 0 Å². The van der Waals surface area contributed by atoms with Crippen molar-refractivity contribution >= 4 is 11.3 Å². The van der Waals surface area contributed by atoms with Crippen molar-refractivity contribution in [2.24, 2.45) is 0 Å². The Morgan fingerprint density at radius 1 is 1.08 bits per heavy atom. The maximum Gasteiger partial charge on any atom is 0.413 e. The van der Waals surface area contributed by atoms with Crippen LogP contribution in [0.4, 0.5) is 18.9 Å². The summed E-state index contributed by atoms with van der Waals surface area (Å²) >= 11 is 0. The number of rotatable bonds is 1. The van der Waals surface area contributed by atoms with Crippen molar-refractivity contribution in [2.75, 3.05) is 11.4 Å². The van der Waals surface area contributed by atoms with Gasteiger partial charge in [-0.25, -0.2) is 4.98 Å². The van der Waals surface area contributed by atoms with Crippen molar-refractivity contribution in [1.82, 2.24) is 9.38 Å². The molecule has 3 nitrogen and oxygen atoms in total. The predicted octanol–water partition coefficient (Wildman–Crippen LogP) is 4.62. The minimum atomic E-state index is -4.36. The van der Waals surface area contributed by atoms with Gasteiger partial charge in [-0.05, 0) is 43.5 Å². The van der Waals surface area contributed by atoms with E-state index in [1.54, 1.807) is 36.4 Å². The zero-order valence-electron chi connectivity index (χ0n) is 14.0. The fraction of sp³-hybridized carbons (Fsp3) is 0.316. The number of benzene rings is 1. The molecule has 0 N–H and O–H groups in total. The number of halogens is 3. The zero-order valence-corrected chi connectivity index (χ0v) is 14.0. The lowest BCUT2D eigenvalue weighted by Crippen LogP contribution is -2.43. The average Bonchev–Trinajstić information content (AvgIpc) is 2.87. The number of hydrogen-bond acceptors (Lipinski definition) is 2. The third-order valence-corrected chi connectivity index (χ3v) is 5.01. The first-order valence-electron chi connectivity index (χ1n) is 8.23. The summed E-state index contributed by atoms with van der Waals surface area (Å²) in [6, 6.07) is 8.70. The number of aromatic nitrogens is 2. The highest BCUT2D eigenvalue weighted by molar-refractivity contribution is 5.71. The molecule has 0 spiro atoms. The smallest absolute Gasteiger partial charge is 0.353 e. The van der Waals surface area contributed by atoms with Crippen LogP contribution in [0, 0.1) is 13.8 Å². The summed E-state index contributed by atoms with van der Waals surface area (Å²) in [7, 11) is 0. The first kappa shape index (κ1) is 16.0. The van der Waals surface area contributed by atoms with Gasteiger partial charge in [0, 0.05) is 18.4 Å². The van der Waals surface area contributed by atoms with Crippen LogP contribution < -0.4 is 4.90 Å². The SMILES string of the molecule is Cc1nc2c(N3CCc4ccccc4C3C(F)(F)F)cccn2c1C. The predicted molar refractivity (Wildman–Crippen MR) is 91.0 cm³/mol. The van der Waals surface area contributed by atoms with E-state index in [2.05, 4.69) is 4.98 Å². The minimum absolute atomic E-state index is 0.311. The van der Waals surface area contributed by atoms with Crippen molar-refractivity contribution in [1.29, 1.82) is 0 Å². The molecule has 3 heterocycles. The van der Waals surface area contributed by atoms with Gasteiger partial charge in [0.1, 0.15) is 0 Å². The number of alkyl halides is 3. The molecule has 6 heteroatoms. The van der Waals surface area contributed by atoms with E-state index in [0.29, 0.717) is 29.9 Å². The molecular weight excluding hydrogens is 327 g/mol. The lowest BCUT2D eigenvalue weighted by Gasteiger charge is -2.39. The quantitative estimate of drug-likeness (QED) is 0.642. The summed E-state index contributed by atoms with van der Waals surface area (Å²) in [5.41, 5.74) is 3.97. The van der Waals surface area contributed by atoms with E-state index in [1.807, 2.05) is 24.4 Å². The molecule has 0 aliphatic carbocycles. The molecule has 0 saturated carbocycles. The molecular formula is C19H18F3N3. The van der Waals surface area contributed by atoms with Crippen LogP contribution in [0.5, 0.6) is 0 Å². The van der Waals surface area contributed by atoms with E-state index < -0.39 is 12.2 Å². The monoisotopic (exact) mass is 345 g/mol. The standard InChI is InChI=1S/C19H18F3N3/c1-12-13(2)24-10-5-8-16(18(24)23-12)25-11-9-14-6-3-4-7-15(14)17(25)19(20,21)22/h3-8,10,17H,9,11H2,1-2H3. The molecule has 0 amide bonds. The number of hydrogen-bond donors (Lipinski definition) is 0. The fourth-order valence-corrected chi connectivity index (χ4v) is 3.69. The topological polar surface area (TPSA) is 20.5 Å². The van der Waals surface area contributed by atoms with Gasteiger partial charge in [0.05, 0.1) is 11.4 Å². The molecule has 1 aromatic carbocycles. The molecule has 4 rings (SSSR count). The maximum absolute atomic E-state index is 14.0. The van der Waals surface area contributed by atoms with Crippen LogP contribution in [0.25, 0.3) is 5.65 Å². The second-order valence-electron chi connectivity index (χ2n) is 6.46. The van der Waals surface area contributed by atoms with Crippen molar-refractivity contribution < 1.29 is 13.2 Å². The van der Waals surface area contributed by atoms with Crippen LogP contribution in [0.3, 0.4) is 0 Å². The van der Waals surface area contributed by atoms with Gasteiger partial charge in [-0.3, -0.25) is 0 Å². The fourth-order valence-electron chi connectivity index (χ4n) is 3.69. The van der Waals surface area contributed by atoms with Crippen LogP contribution in [-0.4, -0.2) is 22.1 Å². The summed E-state index contributed by atoms with van der Waals surface area (Å²) in [6.07, 6.45) is -1.93. The van der Waals surface area contributed by atoms with Crippen LogP contribution in [0.15, 0.2) is 42.6 Å². The summed E-state index contributed by atoms with van der Waals surface area (Å²) < 4.78 is 43.8. The Labute approximate surface area is 143 Å². The van der Waals surface area contributed by atoms with Gasteiger partial charge in [-0.15, -0.1) is 0 Å². The summed E-state index contributed by atoms with van der Waals surface area (Å²) in [5, 5.41) is 0. The summed E-state index contributed by atoms with van der Waals surface area (Å²) in [5.74, 6) is 0. The number of pyridine rings is 1. The molecule has 25 heavy (non-hydrogen) atoms. The molecule has 2 aromatic heterocycles. The van der Waals surface area contributed by atoms with Gasteiger partial charge >= 0.3 is 6.18 Å². The van der Waals surface area contributed by atoms with Gasteiger partial charge < -0.3 is 9.30 Å². The lowest BCUT2D eigenvalue weighted by atomic mass is 9.91. The number of nitrogens with zero attached hydrogens (tertiary/aromatic N) is 3. The molecule has 0 saturated heterocycles. The number of aryl methyl sites for hydroxylation is 2. The molecule has 1 unspecified atom stereocenters. The Morgan fingerprint density at radius 2 is 1.84 bits per heavy atom. The Hall–Kier alpha value is -2.50. The molecule has 0 fully saturated rings. The van der Waals surface area contributed by atoms with Crippen LogP contribution in [0.1, 0.15) is 28.6 Å². The van der Waals surface area contributed by atoms with Gasteiger partial charge in [-0.2, -0.15) is 13.2 Å². The minimum Gasteiger partial charge on any atom is -0.353 e. The molecule has 1 aliphatic rings. The Balaban J connectivity index is 1.92. The Morgan fingerprint density at radius 3 is 2.60 bits per heavy atom. The largest absolute Gasteiger partial charge is 0.413 e. The van der Waals surface area contributed by atoms with Crippen molar-refractivity contribution in [3.63, 3.8) is 0 Å². The number of anilines is 1. The highest BCUT2D eigenvalue weighted by atomic mass is 19.4. The highest BCUT2D eigenvalue weighted by Crippen LogP contribution is 2.44. The van der Waals surface area contributed by atoms with Gasteiger partial charge in [0.15, 0.2) is 11.7 Å². The maximum atomic E-state index is 14.0. The molecule has 1 atom stereocenters. The lowest BCUT2D eigenvalue weighted by molar-refractivity contribution is -0.151. The van der Waals surface area contributed by atoms with Gasteiger partial charge in [0.2, 0.25) is 0 Å². The first-order chi connectivity index (χ1) is 11.9. The van der Waals surface area contributed by atoms with Crippen molar-refractivity contribution in [3.8, 4) is 0 Å². The zero-order chi connectivity index (χ0) is 17.8. The molecule has 0 bridgehead atoms. The third-order valence-electron chi connectivity index (χ3n) is 5.01. The average molecular weight is 345 g/mol. The van der Waals surface area contributed by atoms with Gasteiger partial charge in [-0.1, -0.05) is 24.3 Å². The Kier molecular flexibility index (Phi) is 3.52. The highest BCUT2D eigenvalue weighted by Gasteiger charge is 2.47. The van der Waals surface area contributed by atoms with E-state index in [1.165, 1.54) is 4.90 Å². The van der Waals surface area contributed by atoms with Crippen molar-refractivity contribution in [2.45, 2.75) is 32.5 Å². The van der Waals surface area contributed by atoms with E-state index in [9.17, 15) is 13.2 Å². The number of fused-ring (bicyclic) bond motifs is 2. The normalized spacial score (nSPS) is 17.8. The Bertz CT molecular complexity index is 943. The third kappa shape index (κ3) is 2.47. The number of imidazole rings is 1. The molecule has 0 radical (unpaired) electrons. The van der Waals surface area contributed by atoms with E-state index >= 15 is 0 Å². The molecule has 130 valence electrons. The summed E-state index contributed by atoms with van der Waals surface area (Å²) in [4.78, 5) is 5.96. The molecule has 1 aliphatic heterocycles. The van der Waals surface area contributed by atoms with Crippen molar-refractivity contribution in [3.05, 3.63) is 65.1 Å². The van der Waals surface area contributed by atoms with Crippen LogP contribution in [-0.2, 0) is 6.42 Å². The second kappa shape index (κ2) is 5.51. The molecule has 3 aromatic rings. The van der Waals surface area contributed by atoms with Gasteiger partial charge in [0.25, 0.3) is 0 Å². The van der Waals surface area contributed by atoms with E-state index in [4.69, 9.17) is 0 Å². The second-order valence-corrected chi connectivity index (χ2v) is 6.46. The summed E-state index contributed by atoms with van der Waals surface area (Å²) in [6.45, 7) is 4.11. The van der Waals surface area contributed by atoms with Crippen LogP contribution in [0.2, 0.25) is 0 Å².